The van der Waals surface area contributed by atoms with Gasteiger partial charge >= 0.3 is 0 Å². The summed E-state index contributed by atoms with van der Waals surface area (Å²) in [7, 11) is 0. The molecule has 0 aromatic heterocycles. The number of hydrogen-bond acceptors (Lipinski definition) is 2. The molecular weight excluding hydrogens is 198 g/mol. The maximum atomic E-state index is 10.6. The Hall–Kier alpha value is -0.0800. The zero-order chi connectivity index (χ0) is 12.8. The van der Waals surface area contributed by atoms with E-state index in [1.54, 1.807) is 0 Å². The Morgan fingerprint density at radius 2 is 1.62 bits per heavy atom. The van der Waals surface area contributed by atoms with Crippen LogP contribution in [0.15, 0.2) is 0 Å². The van der Waals surface area contributed by atoms with Crippen molar-refractivity contribution in [1.82, 2.24) is 4.90 Å². The van der Waals surface area contributed by atoms with Crippen molar-refractivity contribution in [2.45, 2.75) is 72.4 Å². The van der Waals surface area contributed by atoms with Crippen LogP contribution in [0.3, 0.4) is 0 Å². The summed E-state index contributed by atoms with van der Waals surface area (Å²) in [6.45, 7) is 15.1. The van der Waals surface area contributed by atoms with E-state index in [0.717, 1.165) is 32.4 Å². The molecule has 0 aliphatic carbocycles. The lowest BCUT2D eigenvalue weighted by molar-refractivity contribution is -0.0490. The standard InChI is InChI=1S/C14H31NO/c1-7-11-12(5)13(16)14(6,8-2)15(9-3)10-4/h12-13,16H,7-11H2,1-6H3. The molecule has 3 atom stereocenters. The molecule has 0 heterocycles. The van der Waals surface area contributed by atoms with Crippen LogP contribution in [-0.4, -0.2) is 34.7 Å². The van der Waals surface area contributed by atoms with Gasteiger partial charge in [-0.25, -0.2) is 0 Å². The van der Waals surface area contributed by atoms with E-state index in [2.05, 4.69) is 46.4 Å². The molecule has 0 bridgehead atoms. The molecule has 0 aliphatic heterocycles. The van der Waals surface area contributed by atoms with Gasteiger partial charge in [-0.05, 0) is 38.8 Å². The summed E-state index contributed by atoms with van der Waals surface area (Å²) in [4.78, 5) is 2.39. The van der Waals surface area contributed by atoms with E-state index in [4.69, 9.17) is 0 Å². The number of aliphatic hydroxyl groups is 1. The molecule has 2 heteroatoms. The molecule has 0 spiro atoms. The Morgan fingerprint density at radius 1 is 1.12 bits per heavy atom. The second-order valence-corrected chi connectivity index (χ2v) is 5.09. The van der Waals surface area contributed by atoms with Crippen molar-refractivity contribution in [3.8, 4) is 0 Å². The van der Waals surface area contributed by atoms with E-state index in [0.29, 0.717) is 5.92 Å². The van der Waals surface area contributed by atoms with Gasteiger partial charge in [-0.3, -0.25) is 4.90 Å². The number of likely N-dealkylation sites (N-methyl/N-ethyl adjacent to an activating group) is 1. The fraction of sp³-hybridized carbons (Fsp3) is 1.00. The van der Waals surface area contributed by atoms with Gasteiger partial charge < -0.3 is 5.11 Å². The average molecular weight is 229 g/mol. The third kappa shape index (κ3) is 3.46. The van der Waals surface area contributed by atoms with E-state index >= 15 is 0 Å². The van der Waals surface area contributed by atoms with Crippen LogP contribution in [-0.2, 0) is 0 Å². The predicted octanol–water partition coefficient (Wildman–Crippen LogP) is 3.29. The lowest BCUT2D eigenvalue weighted by atomic mass is 9.81. The van der Waals surface area contributed by atoms with Crippen LogP contribution >= 0.6 is 0 Å². The van der Waals surface area contributed by atoms with Gasteiger partial charge in [0.15, 0.2) is 0 Å². The summed E-state index contributed by atoms with van der Waals surface area (Å²) in [6.07, 6.45) is 3.04. The average Bonchev–Trinajstić information content (AvgIpc) is 2.29. The summed E-state index contributed by atoms with van der Waals surface area (Å²) in [5, 5.41) is 10.6. The van der Waals surface area contributed by atoms with Crippen LogP contribution in [0, 0.1) is 5.92 Å². The van der Waals surface area contributed by atoms with E-state index in [-0.39, 0.29) is 11.6 Å². The molecule has 1 N–H and O–H groups in total. The Bertz CT molecular complexity index is 180. The number of rotatable bonds is 8. The number of aliphatic hydroxyl groups excluding tert-OH is 1. The van der Waals surface area contributed by atoms with Crippen molar-refractivity contribution in [2.75, 3.05) is 13.1 Å². The molecule has 0 aromatic carbocycles. The van der Waals surface area contributed by atoms with E-state index < -0.39 is 0 Å². The molecule has 0 aromatic rings. The molecule has 98 valence electrons. The highest BCUT2D eigenvalue weighted by Crippen LogP contribution is 2.29. The van der Waals surface area contributed by atoms with Gasteiger partial charge in [0.05, 0.1) is 6.10 Å². The third-order valence-corrected chi connectivity index (χ3v) is 4.12. The molecule has 0 aliphatic rings. The van der Waals surface area contributed by atoms with Crippen molar-refractivity contribution < 1.29 is 5.11 Å². The van der Waals surface area contributed by atoms with Gasteiger partial charge in [0.2, 0.25) is 0 Å². The molecule has 0 fully saturated rings. The van der Waals surface area contributed by atoms with Crippen LogP contribution in [0.4, 0.5) is 0 Å². The topological polar surface area (TPSA) is 23.5 Å². The van der Waals surface area contributed by atoms with Gasteiger partial charge in [0.1, 0.15) is 0 Å². The van der Waals surface area contributed by atoms with E-state index in [9.17, 15) is 5.11 Å². The van der Waals surface area contributed by atoms with Crippen LogP contribution in [0.1, 0.15) is 60.8 Å². The molecule has 16 heavy (non-hydrogen) atoms. The Morgan fingerprint density at radius 3 is 1.94 bits per heavy atom. The molecule has 0 saturated carbocycles. The van der Waals surface area contributed by atoms with Gasteiger partial charge in [0, 0.05) is 5.54 Å². The smallest absolute Gasteiger partial charge is 0.0746 e. The van der Waals surface area contributed by atoms with Crippen molar-refractivity contribution in [3.63, 3.8) is 0 Å². The Kier molecular flexibility index (Phi) is 7.25. The SMILES string of the molecule is CCCC(C)C(O)C(C)(CC)N(CC)CC. The normalized spacial score (nSPS) is 19.5. The highest BCUT2D eigenvalue weighted by atomic mass is 16.3. The zero-order valence-corrected chi connectivity index (χ0v) is 12.1. The van der Waals surface area contributed by atoms with E-state index in [1.807, 2.05) is 0 Å². The fourth-order valence-corrected chi connectivity index (χ4v) is 2.79. The summed E-state index contributed by atoms with van der Waals surface area (Å²) in [5.41, 5.74) is -0.0713. The first-order valence-electron chi connectivity index (χ1n) is 6.90. The maximum absolute atomic E-state index is 10.6. The quantitative estimate of drug-likeness (QED) is 0.690. The van der Waals surface area contributed by atoms with Crippen molar-refractivity contribution in [1.29, 1.82) is 0 Å². The summed E-state index contributed by atoms with van der Waals surface area (Å²) >= 11 is 0. The van der Waals surface area contributed by atoms with Crippen LogP contribution in [0.2, 0.25) is 0 Å². The monoisotopic (exact) mass is 229 g/mol. The minimum absolute atomic E-state index is 0.0713. The maximum Gasteiger partial charge on any atom is 0.0746 e. The van der Waals surface area contributed by atoms with Crippen molar-refractivity contribution in [2.24, 2.45) is 5.92 Å². The molecule has 0 saturated heterocycles. The minimum Gasteiger partial charge on any atom is -0.391 e. The second-order valence-electron chi connectivity index (χ2n) is 5.09. The summed E-state index contributed by atoms with van der Waals surface area (Å²) in [6, 6.07) is 0. The van der Waals surface area contributed by atoms with Crippen LogP contribution in [0.5, 0.6) is 0 Å². The Balaban J connectivity index is 4.78. The fourth-order valence-electron chi connectivity index (χ4n) is 2.79. The highest BCUT2D eigenvalue weighted by Gasteiger charge is 2.38. The first-order valence-corrected chi connectivity index (χ1v) is 6.90. The zero-order valence-electron chi connectivity index (χ0n) is 12.1. The third-order valence-electron chi connectivity index (χ3n) is 4.12. The first-order chi connectivity index (χ1) is 7.47. The lowest BCUT2D eigenvalue weighted by Gasteiger charge is -2.45. The van der Waals surface area contributed by atoms with Crippen molar-refractivity contribution >= 4 is 0 Å². The molecule has 0 amide bonds. The second kappa shape index (κ2) is 7.29. The van der Waals surface area contributed by atoms with Crippen LogP contribution in [0.25, 0.3) is 0 Å². The number of hydrogen-bond donors (Lipinski definition) is 1. The van der Waals surface area contributed by atoms with Crippen molar-refractivity contribution in [3.05, 3.63) is 0 Å². The van der Waals surface area contributed by atoms with Gasteiger partial charge in [-0.15, -0.1) is 0 Å². The largest absolute Gasteiger partial charge is 0.391 e. The highest BCUT2D eigenvalue weighted by molar-refractivity contribution is 4.93. The van der Waals surface area contributed by atoms with Gasteiger partial charge in [0.25, 0.3) is 0 Å². The van der Waals surface area contributed by atoms with Gasteiger partial charge in [-0.1, -0.05) is 41.0 Å². The predicted molar refractivity (Wildman–Crippen MR) is 71.7 cm³/mol. The molecular formula is C14H31NO. The van der Waals surface area contributed by atoms with Gasteiger partial charge in [-0.2, -0.15) is 0 Å². The Labute approximate surface area is 102 Å². The summed E-state index contributed by atoms with van der Waals surface area (Å²) < 4.78 is 0. The van der Waals surface area contributed by atoms with E-state index in [1.165, 1.54) is 0 Å². The number of nitrogens with zero attached hydrogens (tertiary/aromatic N) is 1. The molecule has 0 rings (SSSR count). The van der Waals surface area contributed by atoms with Crippen LogP contribution < -0.4 is 0 Å². The minimum atomic E-state index is -0.225. The lowest BCUT2D eigenvalue weighted by Crippen LogP contribution is -2.56. The molecule has 3 unspecified atom stereocenters. The molecule has 2 nitrogen and oxygen atoms in total. The molecule has 0 radical (unpaired) electrons. The summed E-state index contributed by atoms with van der Waals surface area (Å²) in [5.74, 6) is 0.385. The first kappa shape index (κ1) is 15.9.